The van der Waals surface area contributed by atoms with Crippen molar-refractivity contribution >= 4 is 39.1 Å². The summed E-state index contributed by atoms with van der Waals surface area (Å²) in [7, 11) is 0. The van der Waals surface area contributed by atoms with Gasteiger partial charge in [-0.2, -0.15) is 0 Å². The molecule has 3 aromatic rings. The van der Waals surface area contributed by atoms with E-state index in [9.17, 15) is 14.4 Å². The number of carbonyl (C=O) groups is 2. The largest absolute Gasteiger partial charge is 0.462 e. The molecule has 0 radical (unpaired) electrons. The number of carbonyl (C=O) groups excluding carboxylic acids is 2. The van der Waals surface area contributed by atoms with Crippen molar-refractivity contribution < 1.29 is 14.3 Å². The van der Waals surface area contributed by atoms with Gasteiger partial charge in [-0.25, -0.2) is 4.79 Å². The van der Waals surface area contributed by atoms with Gasteiger partial charge in [0.2, 0.25) is 5.91 Å². The van der Waals surface area contributed by atoms with Crippen molar-refractivity contribution in [3.63, 3.8) is 0 Å². The minimum Gasteiger partial charge on any atom is -0.462 e. The lowest BCUT2D eigenvalue weighted by molar-refractivity contribution is -0.116. The molecule has 1 amide bonds. The predicted octanol–water partition coefficient (Wildman–Crippen LogP) is 3.44. The van der Waals surface area contributed by atoms with Crippen LogP contribution in [0.2, 0.25) is 0 Å². The maximum Gasteiger partial charge on any atom is 0.341 e. The molecule has 6 nitrogen and oxygen atoms in total. The topological polar surface area (TPSA) is 77.4 Å². The van der Waals surface area contributed by atoms with Crippen LogP contribution in [0.1, 0.15) is 29.1 Å². The number of nitrogens with zero attached hydrogens (tertiary/aromatic N) is 1. The van der Waals surface area contributed by atoms with Crippen molar-refractivity contribution in [3.8, 4) is 0 Å². The second-order valence-corrected chi connectivity index (χ2v) is 7.04. The first kappa shape index (κ1) is 18.8. The number of thiophene rings is 1. The molecule has 1 N–H and O–H groups in total. The third kappa shape index (κ3) is 4.09. The smallest absolute Gasteiger partial charge is 0.341 e. The maximum absolute atomic E-state index is 12.6. The Balaban J connectivity index is 1.85. The summed E-state index contributed by atoms with van der Waals surface area (Å²) in [4.78, 5) is 37.7. The van der Waals surface area contributed by atoms with Crippen LogP contribution in [0.3, 0.4) is 0 Å². The van der Waals surface area contributed by atoms with E-state index in [4.69, 9.17) is 4.74 Å². The first-order chi connectivity index (χ1) is 13.0. The average molecular weight is 384 g/mol. The first-order valence-corrected chi connectivity index (χ1v) is 9.53. The molecule has 0 bridgehead atoms. The van der Waals surface area contributed by atoms with Gasteiger partial charge < -0.3 is 14.6 Å². The maximum atomic E-state index is 12.6. The fraction of sp³-hybridized carbons (Fsp3) is 0.250. The zero-order valence-electron chi connectivity index (χ0n) is 15.2. The van der Waals surface area contributed by atoms with E-state index in [1.54, 1.807) is 42.0 Å². The van der Waals surface area contributed by atoms with Crippen LogP contribution in [0.5, 0.6) is 0 Å². The molecule has 0 fully saturated rings. The Kier molecular flexibility index (Phi) is 5.71. The third-order valence-electron chi connectivity index (χ3n) is 4.08. The summed E-state index contributed by atoms with van der Waals surface area (Å²) in [5.74, 6) is -0.726. The SMILES string of the molecule is CCOC(=O)c1cc(CC)sc1NC(=O)Cn1ccc(=O)c2ccccc21. The van der Waals surface area contributed by atoms with Crippen molar-refractivity contribution in [2.75, 3.05) is 11.9 Å². The van der Waals surface area contributed by atoms with Gasteiger partial charge in [-0.1, -0.05) is 19.1 Å². The molecule has 2 heterocycles. The number of hydrogen-bond donors (Lipinski definition) is 1. The monoisotopic (exact) mass is 384 g/mol. The highest BCUT2D eigenvalue weighted by Gasteiger charge is 2.19. The van der Waals surface area contributed by atoms with Gasteiger partial charge in [0.05, 0.1) is 17.7 Å². The fourth-order valence-corrected chi connectivity index (χ4v) is 3.79. The van der Waals surface area contributed by atoms with E-state index in [2.05, 4.69) is 5.32 Å². The number of fused-ring (bicyclic) bond motifs is 1. The lowest BCUT2D eigenvalue weighted by Crippen LogP contribution is -2.21. The van der Waals surface area contributed by atoms with Crippen molar-refractivity contribution in [2.45, 2.75) is 26.8 Å². The summed E-state index contributed by atoms with van der Waals surface area (Å²) in [6.45, 7) is 4.03. The van der Waals surface area contributed by atoms with Gasteiger partial charge in [-0.15, -0.1) is 11.3 Å². The Labute approximate surface area is 160 Å². The molecular formula is C20H20N2O4S. The standard InChI is InChI=1S/C20H20N2O4S/c1-3-13-11-15(20(25)26-4-2)19(27-13)21-18(24)12-22-10-9-17(23)14-7-5-6-8-16(14)22/h5-11H,3-4,12H2,1-2H3,(H,21,24). The number of aromatic nitrogens is 1. The molecule has 0 aliphatic heterocycles. The molecule has 2 aromatic heterocycles. The Morgan fingerprint density at radius 1 is 1.19 bits per heavy atom. The minimum absolute atomic E-state index is 0.0302. The predicted molar refractivity (Wildman–Crippen MR) is 106 cm³/mol. The molecule has 0 saturated heterocycles. The number of anilines is 1. The number of esters is 1. The van der Waals surface area contributed by atoms with Gasteiger partial charge in [-0.3, -0.25) is 9.59 Å². The molecular weight excluding hydrogens is 364 g/mol. The fourth-order valence-electron chi connectivity index (χ4n) is 2.79. The lowest BCUT2D eigenvalue weighted by atomic mass is 10.2. The Morgan fingerprint density at radius 3 is 2.70 bits per heavy atom. The summed E-state index contributed by atoms with van der Waals surface area (Å²) in [6.07, 6.45) is 2.36. The number of nitrogens with one attached hydrogen (secondary N) is 1. The van der Waals surface area contributed by atoms with Gasteiger partial charge >= 0.3 is 5.97 Å². The van der Waals surface area contributed by atoms with Crippen LogP contribution < -0.4 is 10.7 Å². The number of ether oxygens (including phenoxy) is 1. The Bertz CT molecular complexity index is 1050. The van der Waals surface area contributed by atoms with Gasteiger partial charge in [0.25, 0.3) is 0 Å². The van der Waals surface area contributed by atoms with Gasteiger partial charge in [0.15, 0.2) is 5.43 Å². The van der Waals surface area contributed by atoms with Crippen LogP contribution in [0, 0.1) is 0 Å². The molecule has 27 heavy (non-hydrogen) atoms. The van der Waals surface area contributed by atoms with Crippen molar-refractivity contribution in [3.05, 3.63) is 63.3 Å². The molecule has 0 unspecified atom stereocenters. The number of amides is 1. The van der Waals surface area contributed by atoms with Crippen LogP contribution >= 0.6 is 11.3 Å². The van der Waals surface area contributed by atoms with Gasteiger partial charge in [0, 0.05) is 22.5 Å². The van der Waals surface area contributed by atoms with E-state index in [-0.39, 0.29) is 24.5 Å². The lowest BCUT2D eigenvalue weighted by Gasteiger charge is -2.11. The van der Waals surface area contributed by atoms with E-state index in [1.807, 2.05) is 13.0 Å². The highest BCUT2D eigenvalue weighted by Crippen LogP contribution is 2.29. The summed E-state index contributed by atoms with van der Waals surface area (Å²) < 4.78 is 6.79. The zero-order chi connectivity index (χ0) is 19.4. The van der Waals surface area contributed by atoms with Crippen LogP contribution in [0.15, 0.2) is 47.4 Å². The van der Waals surface area contributed by atoms with Gasteiger partial charge in [-0.05, 0) is 31.5 Å². The minimum atomic E-state index is -0.447. The van der Waals surface area contributed by atoms with Gasteiger partial charge in [0.1, 0.15) is 11.5 Å². The number of para-hydroxylation sites is 1. The third-order valence-corrected chi connectivity index (χ3v) is 5.27. The number of aryl methyl sites for hydroxylation is 1. The quantitative estimate of drug-likeness (QED) is 0.661. The highest BCUT2D eigenvalue weighted by atomic mass is 32.1. The number of rotatable bonds is 6. The molecule has 0 saturated carbocycles. The second-order valence-electron chi connectivity index (χ2n) is 5.90. The van der Waals surface area contributed by atoms with Crippen molar-refractivity contribution in [2.24, 2.45) is 0 Å². The first-order valence-electron chi connectivity index (χ1n) is 8.71. The Hall–Kier alpha value is -2.93. The van der Waals surface area contributed by atoms with Crippen LogP contribution in [0.4, 0.5) is 5.00 Å². The van der Waals surface area contributed by atoms with Crippen LogP contribution in [0.25, 0.3) is 10.9 Å². The van der Waals surface area contributed by atoms with Crippen LogP contribution in [-0.2, 0) is 22.5 Å². The average Bonchev–Trinajstić information content (AvgIpc) is 3.07. The summed E-state index contributed by atoms with van der Waals surface area (Å²) >= 11 is 1.37. The molecule has 0 atom stereocenters. The van der Waals surface area contributed by atoms with Crippen molar-refractivity contribution in [1.82, 2.24) is 4.57 Å². The molecule has 140 valence electrons. The second kappa shape index (κ2) is 8.18. The molecule has 1 aromatic carbocycles. The molecule has 0 aliphatic rings. The number of benzene rings is 1. The van der Waals surface area contributed by atoms with E-state index in [0.29, 0.717) is 21.5 Å². The zero-order valence-corrected chi connectivity index (χ0v) is 16.0. The van der Waals surface area contributed by atoms with E-state index >= 15 is 0 Å². The number of hydrogen-bond acceptors (Lipinski definition) is 5. The molecule has 0 aliphatic carbocycles. The summed E-state index contributed by atoms with van der Waals surface area (Å²) in [6, 6.07) is 10.3. The van der Waals surface area contributed by atoms with Crippen molar-refractivity contribution in [1.29, 1.82) is 0 Å². The molecule has 7 heteroatoms. The van der Waals surface area contributed by atoms with E-state index < -0.39 is 5.97 Å². The summed E-state index contributed by atoms with van der Waals surface area (Å²) in [5.41, 5.74) is 0.973. The van der Waals surface area contributed by atoms with E-state index in [1.165, 1.54) is 17.4 Å². The molecule has 3 rings (SSSR count). The normalized spacial score (nSPS) is 10.7. The van der Waals surface area contributed by atoms with E-state index in [0.717, 1.165) is 11.3 Å². The highest BCUT2D eigenvalue weighted by molar-refractivity contribution is 7.16. The summed E-state index contributed by atoms with van der Waals surface area (Å²) in [5, 5.41) is 3.86. The number of pyridine rings is 1. The van der Waals surface area contributed by atoms with Crippen LogP contribution in [-0.4, -0.2) is 23.1 Å². The Morgan fingerprint density at radius 2 is 1.96 bits per heavy atom. The molecule has 0 spiro atoms.